The van der Waals surface area contributed by atoms with Crippen LogP contribution in [-0.2, 0) is 6.54 Å². The minimum Gasteiger partial charge on any atom is -0.313 e. The predicted molar refractivity (Wildman–Crippen MR) is 82.6 cm³/mol. The average Bonchev–Trinajstić information content (AvgIpc) is 2.44. The molecule has 0 amide bonds. The maximum atomic E-state index is 13.2. The van der Waals surface area contributed by atoms with Gasteiger partial charge in [0.2, 0.25) is 0 Å². The highest BCUT2D eigenvalue weighted by molar-refractivity contribution is 6.30. The fraction of sp³-hybridized carbons (Fsp3) is 0.625. The van der Waals surface area contributed by atoms with Gasteiger partial charge in [0.25, 0.3) is 0 Å². The summed E-state index contributed by atoms with van der Waals surface area (Å²) in [5.41, 5.74) is 1.08. The van der Waals surface area contributed by atoms with Crippen LogP contribution in [0.3, 0.4) is 0 Å². The first-order valence-electron chi connectivity index (χ1n) is 7.58. The standard InChI is InChI=1S/C16H24ClFN2/c1-2-9-20(12-14-5-3-4-8-19-14)11-13-6-7-16(18)15(17)10-13/h6-7,10,14,19H,2-5,8-9,11-12H2,1H3. The fourth-order valence-corrected chi connectivity index (χ4v) is 3.04. The summed E-state index contributed by atoms with van der Waals surface area (Å²) in [4.78, 5) is 2.44. The number of hydrogen-bond donors (Lipinski definition) is 1. The third-order valence-corrected chi connectivity index (χ3v) is 4.11. The molecule has 1 atom stereocenters. The highest BCUT2D eigenvalue weighted by atomic mass is 35.5. The smallest absolute Gasteiger partial charge is 0.141 e. The zero-order valence-corrected chi connectivity index (χ0v) is 12.9. The van der Waals surface area contributed by atoms with E-state index in [1.165, 1.54) is 25.3 Å². The monoisotopic (exact) mass is 298 g/mol. The third-order valence-electron chi connectivity index (χ3n) is 3.82. The molecular formula is C16H24ClFN2. The molecule has 1 aliphatic rings. The van der Waals surface area contributed by atoms with Crippen molar-refractivity contribution in [3.05, 3.63) is 34.6 Å². The first-order valence-corrected chi connectivity index (χ1v) is 7.96. The van der Waals surface area contributed by atoms with Crippen LogP contribution < -0.4 is 5.32 Å². The van der Waals surface area contributed by atoms with E-state index in [4.69, 9.17) is 11.6 Å². The SMILES string of the molecule is CCCN(Cc1ccc(F)c(Cl)c1)CC1CCCCN1. The summed E-state index contributed by atoms with van der Waals surface area (Å²) >= 11 is 5.86. The van der Waals surface area contributed by atoms with E-state index in [2.05, 4.69) is 17.1 Å². The van der Waals surface area contributed by atoms with E-state index in [9.17, 15) is 4.39 Å². The predicted octanol–water partition coefficient (Wildman–Crippen LogP) is 3.83. The molecule has 1 heterocycles. The molecule has 1 unspecified atom stereocenters. The maximum Gasteiger partial charge on any atom is 0.141 e. The molecule has 1 saturated heterocycles. The van der Waals surface area contributed by atoms with Gasteiger partial charge in [-0.2, -0.15) is 0 Å². The zero-order chi connectivity index (χ0) is 14.4. The Balaban J connectivity index is 1.94. The van der Waals surface area contributed by atoms with E-state index < -0.39 is 0 Å². The van der Waals surface area contributed by atoms with E-state index >= 15 is 0 Å². The average molecular weight is 299 g/mol. The van der Waals surface area contributed by atoms with Crippen molar-refractivity contribution >= 4 is 11.6 Å². The number of benzene rings is 1. The molecule has 4 heteroatoms. The largest absolute Gasteiger partial charge is 0.313 e. The van der Waals surface area contributed by atoms with Crippen LogP contribution in [0.2, 0.25) is 5.02 Å². The Bertz CT molecular complexity index is 419. The van der Waals surface area contributed by atoms with Gasteiger partial charge in [-0.25, -0.2) is 4.39 Å². The second-order valence-electron chi connectivity index (χ2n) is 5.63. The number of piperidine rings is 1. The van der Waals surface area contributed by atoms with Crippen molar-refractivity contribution in [3.8, 4) is 0 Å². The van der Waals surface area contributed by atoms with Crippen LogP contribution in [0.5, 0.6) is 0 Å². The molecule has 1 aromatic rings. The van der Waals surface area contributed by atoms with Gasteiger partial charge < -0.3 is 5.32 Å². The highest BCUT2D eigenvalue weighted by Crippen LogP contribution is 2.18. The van der Waals surface area contributed by atoms with Crippen molar-refractivity contribution in [1.29, 1.82) is 0 Å². The van der Waals surface area contributed by atoms with Crippen molar-refractivity contribution in [2.75, 3.05) is 19.6 Å². The van der Waals surface area contributed by atoms with Gasteiger partial charge in [-0.05, 0) is 50.0 Å². The van der Waals surface area contributed by atoms with Crippen LogP contribution in [-0.4, -0.2) is 30.6 Å². The second-order valence-corrected chi connectivity index (χ2v) is 6.04. The van der Waals surface area contributed by atoms with Gasteiger partial charge >= 0.3 is 0 Å². The minimum absolute atomic E-state index is 0.217. The molecule has 1 N–H and O–H groups in total. The van der Waals surface area contributed by atoms with Gasteiger partial charge in [0.1, 0.15) is 5.82 Å². The molecule has 2 nitrogen and oxygen atoms in total. The van der Waals surface area contributed by atoms with E-state index in [-0.39, 0.29) is 10.8 Å². The van der Waals surface area contributed by atoms with Gasteiger partial charge in [-0.1, -0.05) is 31.0 Å². The van der Waals surface area contributed by atoms with Crippen LogP contribution in [0.4, 0.5) is 4.39 Å². The molecule has 1 fully saturated rings. The molecule has 0 aromatic heterocycles. The molecule has 0 saturated carbocycles. The third kappa shape index (κ3) is 4.72. The number of nitrogens with one attached hydrogen (secondary N) is 1. The van der Waals surface area contributed by atoms with Crippen LogP contribution in [0.15, 0.2) is 18.2 Å². The van der Waals surface area contributed by atoms with Crippen molar-refractivity contribution in [2.45, 2.75) is 45.2 Å². The van der Waals surface area contributed by atoms with Crippen molar-refractivity contribution in [3.63, 3.8) is 0 Å². The van der Waals surface area contributed by atoms with Gasteiger partial charge in [0.05, 0.1) is 5.02 Å². The molecule has 0 bridgehead atoms. The van der Waals surface area contributed by atoms with E-state index in [1.54, 1.807) is 6.07 Å². The van der Waals surface area contributed by atoms with Crippen LogP contribution in [0.1, 0.15) is 38.2 Å². The zero-order valence-electron chi connectivity index (χ0n) is 12.2. The lowest BCUT2D eigenvalue weighted by Gasteiger charge is -2.30. The molecule has 0 aliphatic carbocycles. The number of hydrogen-bond acceptors (Lipinski definition) is 2. The summed E-state index contributed by atoms with van der Waals surface area (Å²) in [7, 11) is 0. The fourth-order valence-electron chi connectivity index (χ4n) is 2.84. The van der Waals surface area contributed by atoms with Crippen LogP contribution in [0.25, 0.3) is 0 Å². The Kier molecular flexibility index (Phi) is 6.27. The normalized spacial score (nSPS) is 19.5. The first kappa shape index (κ1) is 15.7. The van der Waals surface area contributed by atoms with E-state index in [0.29, 0.717) is 6.04 Å². The summed E-state index contributed by atoms with van der Waals surface area (Å²) in [5.74, 6) is -0.341. The van der Waals surface area contributed by atoms with Crippen molar-refractivity contribution in [1.82, 2.24) is 10.2 Å². The number of halogens is 2. The molecule has 1 aromatic carbocycles. The molecular weight excluding hydrogens is 275 g/mol. The minimum atomic E-state index is -0.341. The summed E-state index contributed by atoms with van der Waals surface area (Å²) in [6.07, 6.45) is 4.99. The summed E-state index contributed by atoms with van der Waals surface area (Å²) in [6.45, 7) is 6.29. The van der Waals surface area contributed by atoms with Crippen molar-refractivity contribution < 1.29 is 4.39 Å². The molecule has 0 radical (unpaired) electrons. The van der Waals surface area contributed by atoms with Gasteiger partial charge in [-0.3, -0.25) is 4.90 Å². The lowest BCUT2D eigenvalue weighted by Crippen LogP contribution is -2.43. The highest BCUT2D eigenvalue weighted by Gasteiger charge is 2.16. The Hall–Kier alpha value is -0.640. The topological polar surface area (TPSA) is 15.3 Å². The summed E-state index contributed by atoms with van der Waals surface area (Å²) in [6, 6.07) is 5.62. The van der Waals surface area contributed by atoms with Gasteiger partial charge in [0, 0.05) is 19.1 Å². The Morgan fingerprint density at radius 3 is 2.90 bits per heavy atom. The molecule has 20 heavy (non-hydrogen) atoms. The number of rotatable bonds is 6. The Labute approximate surface area is 126 Å². The first-order chi connectivity index (χ1) is 9.69. The van der Waals surface area contributed by atoms with Gasteiger partial charge in [-0.15, -0.1) is 0 Å². The van der Waals surface area contributed by atoms with Crippen molar-refractivity contribution in [2.24, 2.45) is 0 Å². The van der Waals surface area contributed by atoms with E-state index in [1.807, 2.05) is 6.07 Å². The van der Waals surface area contributed by atoms with E-state index in [0.717, 1.165) is 38.2 Å². The lowest BCUT2D eigenvalue weighted by molar-refractivity contribution is 0.217. The van der Waals surface area contributed by atoms with Crippen LogP contribution >= 0.6 is 11.6 Å². The quantitative estimate of drug-likeness (QED) is 0.858. The summed E-state index contributed by atoms with van der Waals surface area (Å²) < 4.78 is 13.2. The number of nitrogens with zero attached hydrogens (tertiary/aromatic N) is 1. The maximum absolute atomic E-state index is 13.2. The molecule has 1 aliphatic heterocycles. The van der Waals surface area contributed by atoms with Crippen LogP contribution in [0, 0.1) is 5.82 Å². The second kappa shape index (κ2) is 7.96. The lowest BCUT2D eigenvalue weighted by atomic mass is 10.0. The van der Waals surface area contributed by atoms with Gasteiger partial charge in [0.15, 0.2) is 0 Å². The molecule has 0 spiro atoms. The summed E-state index contributed by atoms with van der Waals surface area (Å²) in [5, 5.41) is 3.80. The Morgan fingerprint density at radius 1 is 1.40 bits per heavy atom. The molecule has 112 valence electrons. The Morgan fingerprint density at radius 2 is 2.25 bits per heavy atom. The molecule has 2 rings (SSSR count).